The number of para-hydroxylation sites is 2. The van der Waals surface area contributed by atoms with Crippen LogP contribution in [0, 0.1) is 0 Å². The van der Waals surface area contributed by atoms with Gasteiger partial charge in [0.05, 0.1) is 36.9 Å². The van der Waals surface area contributed by atoms with E-state index < -0.39 is 12.2 Å². The van der Waals surface area contributed by atoms with E-state index in [0.29, 0.717) is 48.8 Å². The first-order chi connectivity index (χ1) is 15.6. The Balaban J connectivity index is 1.71. The van der Waals surface area contributed by atoms with E-state index in [1.54, 1.807) is 24.3 Å². The summed E-state index contributed by atoms with van der Waals surface area (Å²) in [7, 11) is 1.46. The molecule has 0 bridgehead atoms. The maximum Gasteiger partial charge on any atom is 0.316 e. The summed E-state index contributed by atoms with van der Waals surface area (Å²) in [5, 5.41) is 0. The van der Waals surface area contributed by atoms with Gasteiger partial charge in [-0.2, -0.15) is 15.0 Å². The van der Waals surface area contributed by atoms with Crippen LogP contribution in [0.1, 0.15) is 12.2 Å². The summed E-state index contributed by atoms with van der Waals surface area (Å²) in [5.41, 5.74) is 1.39. The van der Waals surface area contributed by atoms with E-state index in [2.05, 4.69) is 29.9 Å². The smallest absolute Gasteiger partial charge is 0.316 e. The highest BCUT2D eigenvalue weighted by Gasteiger charge is 2.24. The molecule has 5 rings (SSSR count). The average molecular weight is 440 g/mol. The van der Waals surface area contributed by atoms with Gasteiger partial charge in [-0.25, -0.2) is 23.7 Å². The zero-order valence-corrected chi connectivity index (χ0v) is 17.0. The van der Waals surface area contributed by atoms with Crippen molar-refractivity contribution in [1.29, 1.82) is 0 Å². The van der Waals surface area contributed by atoms with Gasteiger partial charge >= 0.3 is 6.01 Å². The number of hydrogen-bond acceptors (Lipinski definition) is 9. The van der Waals surface area contributed by atoms with Gasteiger partial charge in [0.2, 0.25) is 11.9 Å². The lowest BCUT2D eigenvalue weighted by molar-refractivity contribution is 0.122. The molecule has 0 N–H and O–H groups in total. The van der Waals surface area contributed by atoms with Crippen LogP contribution in [0.15, 0.2) is 36.7 Å². The zero-order chi connectivity index (χ0) is 22.1. The van der Waals surface area contributed by atoms with Crippen molar-refractivity contribution in [2.75, 3.05) is 38.3 Å². The molecular weight excluding hydrogens is 422 g/mol. The van der Waals surface area contributed by atoms with Crippen molar-refractivity contribution in [3.63, 3.8) is 0 Å². The van der Waals surface area contributed by atoms with Gasteiger partial charge in [-0.15, -0.1) is 0 Å². The van der Waals surface area contributed by atoms with Crippen molar-refractivity contribution >= 4 is 17.0 Å². The Kier molecular flexibility index (Phi) is 5.27. The van der Waals surface area contributed by atoms with Gasteiger partial charge in [0, 0.05) is 25.5 Å². The van der Waals surface area contributed by atoms with Gasteiger partial charge in [0.25, 0.3) is 6.43 Å². The average Bonchev–Trinajstić information content (AvgIpc) is 3.24. The summed E-state index contributed by atoms with van der Waals surface area (Å²) in [6, 6.07) is 7.04. The van der Waals surface area contributed by atoms with Crippen LogP contribution in [0.4, 0.5) is 14.7 Å². The van der Waals surface area contributed by atoms with Crippen LogP contribution in [0.25, 0.3) is 28.4 Å². The molecule has 0 aliphatic carbocycles. The van der Waals surface area contributed by atoms with Crippen molar-refractivity contribution in [3.05, 3.63) is 42.5 Å². The molecule has 1 fully saturated rings. The Morgan fingerprint density at radius 1 is 0.969 bits per heavy atom. The van der Waals surface area contributed by atoms with Crippen LogP contribution < -0.4 is 9.64 Å². The lowest BCUT2D eigenvalue weighted by Crippen LogP contribution is -2.37. The van der Waals surface area contributed by atoms with E-state index in [-0.39, 0.29) is 17.8 Å². The lowest BCUT2D eigenvalue weighted by Gasteiger charge is -2.27. The Labute approximate surface area is 180 Å². The number of morpholine rings is 1. The molecule has 0 amide bonds. The summed E-state index contributed by atoms with van der Waals surface area (Å²) in [6.07, 6.45) is 0.195. The molecule has 0 unspecified atom stereocenters. The molecule has 3 aromatic heterocycles. The predicted molar refractivity (Wildman–Crippen MR) is 110 cm³/mol. The third-order valence-electron chi connectivity index (χ3n) is 4.96. The van der Waals surface area contributed by atoms with Gasteiger partial charge in [0.15, 0.2) is 11.6 Å². The molecule has 0 spiro atoms. The van der Waals surface area contributed by atoms with E-state index in [1.807, 2.05) is 4.90 Å². The summed E-state index contributed by atoms with van der Waals surface area (Å²) >= 11 is 0. The molecule has 1 aromatic carbocycles. The van der Waals surface area contributed by atoms with Gasteiger partial charge < -0.3 is 14.4 Å². The molecule has 164 valence electrons. The molecular formula is C20H18F2N8O2. The largest absolute Gasteiger partial charge is 0.467 e. The summed E-state index contributed by atoms with van der Waals surface area (Å²) in [5.74, 6) is 0.192. The van der Waals surface area contributed by atoms with Crippen LogP contribution in [-0.2, 0) is 4.74 Å². The third kappa shape index (κ3) is 3.68. The molecule has 4 aromatic rings. The van der Waals surface area contributed by atoms with Crippen molar-refractivity contribution in [3.8, 4) is 23.3 Å². The molecule has 12 heteroatoms. The molecule has 0 saturated carbocycles. The van der Waals surface area contributed by atoms with Crippen molar-refractivity contribution < 1.29 is 18.3 Å². The van der Waals surface area contributed by atoms with E-state index in [9.17, 15) is 8.78 Å². The highest BCUT2D eigenvalue weighted by Crippen LogP contribution is 2.28. The fourth-order valence-corrected chi connectivity index (χ4v) is 3.43. The van der Waals surface area contributed by atoms with Crippen molar-refractivity contribution in [2.24, 2.45) is 0 Å². The number of imidazole rings is 1. The second-order valence-electron chi connectivity index (χ2n) is 6.91. The highest BCUT2D eigenvalue weighted by molar-refractivity contribution is 5.77. The fourth-order valence-electron chi connectivity index (χ4n) is 3.43. The van der Waals surface area contributed by atoms with Crippen molar-refractivity contribution in [2.45, 2.75) is 6.43 Å². The minimum Gasteiger partial charge on any atom is -0.467 e. The Hall–Kier alpha value is -3.80. The van der Waals surface area contributed by atoms with Crippen LogP contribution >= 0.6 is 0 Å². The minimum atomic E-state index is -2.82. The number of nitrogens with zero attached hydrogens (tertiary/aromatic N) is 8. The number of benzene rings is 1. The monoisotopic (exact) mass is 440 g/mol. The predicted octanol–water partition coefficient (Wildman–Crippen LogP) is 2.45. The van der Waals surface area contributed by atoms with Crippen LogP contribution in [0.5, 0.6) is 6.01 Å². The number of halogens is 2. The van der Waals surface area contributed by atoms with Crippen LogP contribution in [0.2, 0.25) is 0 Å². The van der Waals surface area contributed by atoms with Gasteiger partial charge in [-0.3, -0.25) is 4.57 Å². The fraction of sp³-hybridized carbons (Fsp3) is 0.300. The second kappa shape index (κ2) is 8.38. The molecule has 1 aliphatic rings. The van der Waals surface area contributed by atoms with Crippen molar-refractivity contribution in [1.82, 2.24) is 34.5 Å². The van der Waals surface area contributed by atoms with Gasteiger partial charge in [-0.1, -0.05) is 12.1 Å². The van der Waals surface area contributed by atoms with E-state index in [1.165, 1.54) is 24.1 Å². The SMILES string of the molecule is COc1ncc(-c2nc(N3CCOCC3)nc(-n3c(C(F)F)nc4ccccc43)n2)cn1. The summed E-state index contributed by atoms with van der Waals surface area (Å²) < 4.78 is 39.5. The third-order valence-corrected chi connectivity index (χ3v) is 4.96. The highest BCUT2D eigenvalue weighted by atomic mass is 19.3. The second-order valence-corrected chi connectivity index (χ2v) is 6.91. The molecule has 4 heterocycles. The molecule has 10 nitrogen and oxygen atoms in total. The minimum absolute atomic E-state index is 0.0382. The molecule has 1 aliphatic heterocycles. The molecule has 32 heavy (non-hydrogen) atoms. The lowest BCUT2D eigenvalue weighted by atomic mass is 10.3. The number of hydrogen-bond donors (Lipinski definition) is 0. The maximum absolute atomic E-state index is 13.9. The Morgan fingerprint density at radius 3 is 2.41 bits per heavy atom. The first kappa shape index (κ1) is 20.1. The van der Waals surface area contributed by atoms with E-state index in [0.717, 1.165) is 0 Å². The summed E-state index contributed by atoms with van der Waals surface area (Å²) in [4.78, 5) is 27.8. The topological polar surface area (TPSA) is 104 Å². The number of aromatic nitrogens is 7. The molecule has 0 radical (unpaired) electrons. The van der Waals surface area contributed by atoms with Crippen LogP contribution in [0.3, 0.4) is 0 Å². The van der Waals surface area contributed by atoms with E-state index in [4.69, 9.17) is 9.47 Å². The molecule has 1 saturated heterocycles. The number of fused-ring (bicyclic) bond motifs is 1. The van der Waals surface area contributed by atoms with Gasteiger partial charge in [0.1, 0.15) is 0 Å². The first-order valence-electron chi connectivity index (χ1n) is 9.85. The quantitative estimate of drug-likeness (QED) is 0.463. The normalized spacial score (nSPS) is 14.3. The van der Waals surface area contributed by atoms with Gasteiger partial charge in [-0.05, 0) is 12.1 Å². The summed E-state index contributed by atoms with van der Waals surface area (Å²) in [6.45, 7) is 2.15. The zero-order valence-electron chi connectivity index (χ0n) is 17.0. The van der Waals surface area contributed by atoms with Crippen LogP contribution in [-0.4, -0.2) is 67.9 Å². The number of anilines is 1. The first-order valence-corrected chi connectivity index (χ1v) is 9.85. The number of alkyl halides is 2. The standard InChI is InChI=1S/C20H18F2N8O2/c1-31-20-23-10-12(11-24-20)16-26-18(29-6-8-32-9-7-29)28-19(27-16)30-14-5-3-2-4-13(14)25-17(30)15(21)22/h2-5,10-11,15H,6-9H2,1H3. The van der Waals surface area contributed by atoms with E-state index >= 15 is 0 Å². The Morgan fingerprint density at radius 2 is 1.69 bits per heavy atom. The number of methoxy groups -OCH3 is 1. The Bertz CT molecular complexity index is 1240. The maximum atomic E-state index is 13.9. The number of rotatable bonds is 5. The number of ether oxygens (including phenoxy) is 2. The molecule has 0 atom stereocenters.